The van der Waals surface area contributed by atoms with Crippen molar-refractivity contribution in [3.63, 3.8) is 0 Å². The summed E-state index contributed by atoms with van der Waals surface area (Å²) in [5, 5.41) is 2.78. The van der Waals surface area contributed by atoms with Gasteiger partial charge in [-0.25, -0.2) is 0 Å². The van der Waals surface area contributed by atoms with Gasteiger partial charge in [-0.05, 0) is 36.5 Å². The molecule has 2 amide bonds. The van der Waals surface area contributed by atoms with Gasteiger partial charge in [-0.3, -0.25) is 9.59 Å². The first-order chi connectivity index (χ1) is 11.3. The third-order valence-corrected chi connectivity index (χ3v) is 4.15. The summed E-state index contributed by atoms with van der Waals surface area (Å²) >= 11 is 0. The SMILES string of the molecule is Cl.NCc1ccc(C(=O)NCC2CCN(C(=O)C(F)(F)F)CC2)cc1. The maximum absolute atomic E-state index is 12.4. The van der Waals surface area contributed by atoms with E-state index in [9.17, 15) is 22.8 Å². The Morgan fingerprint density at radius 2 is 1.72 bits per heavy atom. The monoisotopic (exact) mass is 379 g/mol. The van der Waals surface area contributed by atoms with Crippen LogP contribution in [0.1, 0.15) is 28.8 Å². The Morgan fingerprint density at radius 3 is 2.20 bits per heavy atom. The van der Waals surface area contributed by atoms with E-state index in [2.05, 4.69) is 5.32 Å². The number of nitrogens with one attached hydrogen (secondary N) is 1. The molecular weight excluding hydrogens is 359 g/mol. The van der Waals surface area contributed by atoms with E-state index in [4.69, 9.17) is 5.73 Å². The molecule has 1 aromatic rings. The molecule has 1 fully saturated rings. The number of alkyl halides is 3. The average Bonchev–Trinajstić information content (AvgIpc) is 2.58. The highest BCUT2D eigenvalue weighted by molar-refractivity contribution is 5.94. The van der Waals surface area contributed by atoms with Gasteiger partial charge in [-0.2, -0.15) is 13.2 Å². The van der Waals surface area contributed by atoms with Gasteiger partial charge < -0.3 is 16.0 Å². The molecule has 2 rings (SSSR count). The van der Waals surface area contributed by atoms with E-state index in [-0.39, 0.29) is 37.3 Å². The van der Waals surface area contributed by atoms with Crippen LogP contribution >= 0.6 is 12.4 Å². The van der Waals surface area contributed by atoms with Crippen LogP contribution in [0.3, 0.4) is 0 Å². The minimum absolute atomic E-state index is 0. The van der Waals surface area contributed by atoms with Crippen molar-refractivity contribution in [1.82, 2.24) is 10.2 Å². The first kappa shape index (κ1) is 21.2. The lowest BCUT2D eigenvalue weighted by Gasteiger charge is -2.32. The van der Waals surface area contributed by atoms with Gasteiger partial charge in [0.1, 0.15) is 0 Å². The van der Waals surface area contributed by atoms with Gasteiger partial charge in [-0.1, -0.05) is 12.1 Å². The number of hydrogen-bond donors (Lipinski definition) is 2. The first-order valence-electron chi connectivity index (χ1n) is 7.74. The molecule has 140 valence electrons. The van der Waals surface area contributed by atoms with Crippen LogP contribution in [-0.2, 0) is 11.3 Å². The number of halogens is 4. The zero-order valence-corrected chi connectivity index (χ0v) is 14.3. The van der Waals surface area contributed by atoms with Crippen LogP contribution in [0.15, 0.2) is 24.3 Å². The smallest absolute Gasteiger partial charge is 0.352 e. The highest BCUT2D eigenvalue weighted by atomic mass is 35.5. The lowest BCUT2D eigenvalue weighted by molar-refractivity contribution is -0.186. The molecule has 0 aromatic heterocycles. The second-order valence-electron chi connectivity index (χ2n) is 5.84. The average molecular weight is 380 g/mol. The largest absolute Gasteiger partial charge is 0.471 e. The molecule has 0 unspecified atom stereocenters. The summed E-state index contributed by atoms with van der Waals surface area (Å²) in [6, 6.07) is 6.91. The molecule has 0 aliphatic carbocycles. The Kier molecular flexibility index (Phi) is 7.69. The lowest BCUT2D eigenvalue weighted by Crippen LogP contribution is -2.46. The zero-order valence-electron chi connectivity index (χ0n) is 13.5. The minimum Gasteiger partial charge on any atom is -0.352 e. The highest BCUT2D eigenvalue weighted by Gasteiger charge is 2.43. The molecule has 1 aromatic carbocycles. The predicted molar refractivity (Wildman–Crippen MR) is 89.3 cm³/mol. The standard InChI is InChI=1S/C16H20F3N3O2.ClH/c17-16(18,19)15(24)22-7-5-12(6-8-22)10-21-14(23)13-3-1-11(9-20)2-4-13;/h1-4,12H,5-10,20H2,(H,21,23);1H. The van der Waals surface area contributed by atoms with Gasteiger partial charge in [-0.15, -0.1) is 12.4 Å². The van der Waals surface area contributed by atoms with Gasteiger partial charge in [0.2, 0.25) is 0 Å². The first-order valence-corrected chi connectivity index (χ1v) is 7.74. The summed E-state index contributed by atoms with van der Waals surface area (Å²) in [6.45, 7) is 0.900. The summed E-state index contributed by atoms with van der Waals surface area (Å²) in [5.74, 6) is -1.95. The number of piperidine rings is 1. The number of carbonyl (C=O) groups excluding carboxylic acids is 2. The Morgan fingerprint density at radius 1 is 1.16 bits per heavy atom. The molecule has 9 heteroatoms. The second-order valence-corrected chi connectivity index (χ2v) is 5.84. The van der Waals surface area contributed by atoms with E-state index in [0.29, 0.717) is 31.5 Å². The number of carbonyl (C=O) groups is 2. The molecule has 0 radical (unpaired) electrons. The molecule has 1 saturated heterocycles. The summed E-state index contributed by atoms with van der Waals surface area (Å²) in [5.41, 5.74) is 6.93. The van der Waals surface area contributed by atoms with Crippen LogP contribution in [0.5, 0.6) is 0 Å². The predicted octanol–water partition coefficient (Wildman–Crippen LogP) is 2.10. The van der Waals surface area contributed by atoms with Gasteiger partial charge in [0, 0.05) is 31.7 Å². The fourth-order valence-electron chi connectivity index (χ4n) is 2.65. The lowest BCUT2D eigenvalue weighted by atomic mass is 9.96. The number of amides is 2. The number of nitrogens with zero attached hydrogens (tertiary/aromatic N) is 1. The van der Waals surface area contributed by atoms with Crippen molar-refractivity contribution in [3.05, 3.63) is 35.4 Å². The van der Waals surface area contributed by atoms with Crippen molar-refractivity contribution < 1.29 is 22.8 Å². The summed E-state index contributed by atoms with van der Waals surface area (Å²) in [4.78, 5) is 24.0. The summed E-state index contributed by atoms with van der Waals surface area (Å²) < 4.78 is 37.1. The van der Waals surface area contributed by atoms with E-state index in [0.717, 1.165) is 10.5 Å². The Balaban J connectivity index is 0.00000312. The molecular formula is C16H21ClF3N3O2. The molecule has 3 N–H and O–H groups in total. The van der Waals surface area contributed by atoms with Crippen LogP contribution in [0.2, 0.25) is 0 Å². The molecule has 1 aliphatic heterocycles. The zero-order chi connectivity index (χ0) is 17.7. The Labute approximate surface area is 150 Å². The molecule has 1 heterocycles. The highest BCUT2D eigenvalue weighted by Crippen LogP contribution is 2.23. The van der Waals surface area contributed by atoms with Crippen LogP contribution < -0.4 is 11.1 Å². The van der Waals surface area contributed by atoms with Crippen molar-refractivity contribution in [1.29, 1.82) is 0 Å². The van der Waals surface area contributed by atoms with E-state index < -0.39 is 12.1 Å². The van der Waals surface area contributed by atoms with E-state index in [1.54, 1.807) is 24.3 Å². The Hall–Kier alpha value is -1.80. The van der Waals surface area contributed by atoms with Gasteiger partial charge in [0.25, 0.3) is 5.91 Å². The van der Waals surface area contributed by atoms with Crippen molar-refractivity contribution in [2.75, 3.05) is 19.6 Å². The number of nitrogens with two attached hydrogens (primary N) is 1. The topological polar surface area (TPSA) is 75.4 Å². The molecule has 0 spiro atoms. The quantitative estimate of drug-likeness (QED) is 0.841. The van der Waals surface area contributed by atoms with Crippen molar-refractivity contribution in [3.8, 4) is 0 Å². The van der Waals surface area contributed by atoms with Gasteiger partial charge in [0.15, 0.2) is 0 Å². The van der Waals surface area contributed by atoms with E-state index >= 15 is 0 Å². The van der Waals surface area contributed by atoms with Gasteiger partial charge >= 0.3 is 12.1 Å². The van der Waals surface area contributed by atoms with Crippen LogP contribution in [-0.4, -0.2) is 42.5 Å². The third kappa shape index (κ3) is 5.89. The second kappa shape index (κ2) is 9.05. The van der Waals surface area contributed by atoms with Gasteiger partial charge in [0.05, 0.1) is 0 Å². The Bertz CT molecular complexity index is 585. The number of hydrogen-bond acceptors (Lipinski definition) is 3. The van der Waals surface area contributed by atoms with Crippen LogP contribution in [0.4, 0.5) is 13.2 Å². The third-order valence-electron chi connectivity index (χ3n) is 4.15. The van der Waals surface area contributed by atoms with Crippen LogP contribution in [0.25, 0.3) is 0 Å². The summed E-state index contributed by atoms with van der Waals surface area (Å²) in [7, 11) is 0. The van der Waals surface area contributed by atoms with E-state index in [1.165, 1.54) is 0 Å². The molecule has 0 bridgehead atoms. The molecule has 0 atom stereocenters. The molecule has 25 heavy (non-hydrogen) atoms. The number of likely N-dealkylation sites (tertiary alicyclic amines) is 1. The fraction of sp³-hybridized carbons (Fsp3) is 0.500. The summed E-state index contributed by atoms with van der Waals surface area (Å²) in [6.07, 6.45) is -3.95. The normalized spacial score (nSPS) is 15.4. The van der Waals surface area contributed by atoms with Crippen LogP contribution in [0, 0.1) is 5.92 Å². The van der Waals surface area contributed by atoms with Crippen molar-refractivity contribution in [2.24, 2.45) is 11.7 Å². The van der Waals surface area contributed by atoms with E-state index in [1.807, 2.05) is 0 Å². The molecule has 5 nitrogen and oxygen atoms in total. The fourth-order valence-corrected chi connectivity index (χ4v) is 2.65. The van der Waals surface area contributed by atoms with Crippen molar-refractivity contribution in [2.45, 2.75) is 25.6 Å². The van der Waals surface area contributed by atoms with Crippen molar-refractivity contribution >= 4 is 24.2 Å². The maximum atomic E-state index is 12.4. The number of benzene rings is 1. The number of rotatable bonds is 4. The minimum atomic E-state index is -4.82. The maximum Gasteiger partial charge on any atom is 0.471 e. The molecule has 1 aliphatic rings. The molecule has 0 saturated carbocycles.